The van der Waals surface area contributed by atoms with Crippen molar-refractivity contribution in [3.63, 3.8) is 0 Å². The van der Waals surface area contributed by atoms with E-state index < -0.39 is 0 Å². The lowest BCUT2D eigenvalue weighted by molar-refractivity contribution is -0.119. The number of nitrogens with zero attached hydrogens (tertiary/aromatic N) is 2. The number of anilines is 1. The lowest BCUT2D eigenvalue weighted by Crippen LogP contribution is -2.40. The van der Waals surface area contributed by atoms with E-state index >= 15 is 0 Å². The Morgan fingerprint density at radius 2 is 2.24 bits per heavy atom. The van der Waals surface area contributed by atoms with E-state index in [1.54, 1.807) is 4.90 Å². The third-order valence-electron chi connectivity index (χ3n) is 3.37. The molecule has 1 heterocycles. The quantitative estimate of drug-likeness (QED) is 0.593. The fourth-order valence-electron chi connectivity index (χ4n) is 2.37. The molecule has 21 heavy (non-hydrogen) atoms. The van der Waals surface area contributed by atoms with Crippen molar-refractivity contribution in [2.24, 2.45) is 5.73 Å². The van der Waals surface area contributed by atoms with Gasteiger partial charge in [0.05, 0.1) is 6.54 Å². The van der Waals surface area contributed by atoms with Crippen LogP contribution in [0.1, 0.15) is 5.56 Å². The van der Waals surface area contributed by atoms with Crippen molar-refractivity contribution in [3.05, 3.63) is 29.8 Å². The highest BCUT2D eigenvalue weighted by Gasteiger charge is 2.20. The second-order valence-electron chi connectivity index (χ2n) is 5.14. The molecule has 1 aromatic carbocycles. The lowest BCUT2D eigenvalue weighted by atomic mass is 10.2. The SMILES string of the molecule is NC(=O)CN(CCN1CCNC1=O)Cc1cccc(N)c1. The maximum Gasteiger partial charge on any atom is 0.317 e. The first-order valence-electron chi connectivity index (χ1n) is 6.92. The summed E-state index contributed by atoms with van der Waals surface area (Å²) < 4.78 is 0. The maximum atomic E-state index is 11.5. The van der Waals surface area contributed by atoms with Gasteiger partial charge in [0.15, 0.2) is 0 Å². The molecule has 114 valence electrons. The summed E-state index contributed by atoms with van der Waals surface area (Å²) in [5, 5.41) is 2.75. The van der Waals surface area contributed by atoms with E-state index in [2.05, 4.69) is 5.32 Å². The molecule has 7 nitrogen and oxygen atoms in total. The van der Waals surface area contributed by atoms with E-state index in [9.17, 15) is 9.59 Å². The van der Waals surface area contributed by atoms with Gasteiger partial charge in [-0.1, -0.05) is 12.1 Å². The van der Waals surface area contributed by atoms with Crippen LogP contribution >= 0.6 is 0 Å². The molecular weight excluding hydrogens is 270 g/mol. The first-order valence-corrected chi connectivity index (χ1v) is 6.92. The summed E-state index contributed by atoms with van der Waals surface area (Å²) in [5.74, 6) is -0.384. The number of rotatable bonds is 7. The second-order valence-corrected chi connectivity index (χ2v) is 5.14. The van der Waals surface area contributed by atoms with Crippen LogP contribution in [-0.2, 0) is 11.3 Å². The number of nitrogens with two attached hydrogens (primary N) is 2. The monoisotopic (exact) mass is 291 g/mol. The Balaban J connectivity index is 1.93. The molecule has 0 aliphatic carbocycles. The predicted molar refractivity (Wildman–Crippen MR) is 80.3 cm³/mol. The van der Waals surface area contributed by atoms with Crippen molar-refractivity contribution in [1.29, 1.82) is 0 Å². The zero-order valence-corrected chi connectivity index (χ0v) is 11.9. The van der Waals surface area contributed by atoms with Crippen molar-refractivity contribution in [2.45, 2.75) is 6.54 Å². The van der Waals surface area contributed by atoms with Gasteiger partial charge in [0, 0.05) is 38.4 Å². The van der Waals surface area contributed by atoms with Gasteiger partial charge in [-0.3, -0.25) is 9.69 Å². The summed E-state index contributed by atoms with van der Waals surface area (Å²) in [5.41, 5.74) is 12.7. The number of carbonyl (C=O) groups is 2. The van der Waals surface area contributed by atoms with Gasteiger partial charge in [-0.2, -0.15) is 0 Å². The van der Waals surface area contributed by atoms with Gasteiger partial charge in [0.2, 0.25) is 5.91 Å². The molecule has 5 N–H and O–H groups in total. The lowest BCUT2D eigenvalue weighted by Gasteiger charge is -2.24. The van der Waals surface area contributed by atoms with Crippen LogP contribution in [0.3, 0.4) is 0 Å². The minimum atomic E-state index is -0.384. The highest BCUT2D eigenvalue weighted by Crippen LogP contribution is 2.10. The number of hydrogen-bond acceptors (Lipinski definition) is 4. The summed E-state index contributed by atoms with van der Waals surface area (Å²) in [6.07, 6.45) is 0. The molecule has 0 atom stereocenters. The van der Waals surface area contributed by atoms with E-state index in [0.29, 0.717) is 38.4 Å². The summed E-state index contributed by atoms with van der Waals surface area (Å²) >= 11 is 0. The van der Waals surface area contributed by atoms with Crippen LogP contribution in [0.2, 0.25) is 0 Å². The average molecular weight is 291 g/mol. The highest BCUT2D eigenvalue weighted by atomic mass is 16.2. The Bertz CT molecular complexity index is 520. The summed E-state index contributed by atoms with van der Waals surface area (Å²) in [6, 6.07) is 7.46. The van der Waals surface area contributed by atoms with Crippen LogP contribution < -0.4 is 16.8 Å². The molecule has 1 aliphatic rings. The Labute approximate surface area is 123 Å². The van der Waals surface area contributed by atoms with Gasteiger partial charge >= 0.3 is 6.03 Å². The molecule has 0 bridgehead atoms. The van der Waals surface area contributed by atoms with Crippen LogP contribution in [0.25, 0.3) is 0 Å². The molecule has 3 amide bonds. The molecule has 1 aliphatic heterocycles. The van der Waals surface area contributed by atoms with Gasteiger partial charge in [-0.05, 0) is 17.7 Å². The van der Waals surface area contributed by atoms with E-state index in [4.69, 9.17) is 11.5 Å². The van der Waals surface area contributed by atoms with Gasteiger partial charge in [-0.25, -0.2) is 4.79 Å². The molecule has 2 rings (SSSR count). The number of nitrogen functional groups attached to an aromatic ring is 1. The number of carbonyl (C=O) groups excluding carboxylic acids is 2. The fourth-order valence-corrected chi connectivity index (χ4v) is 2.37. The van der Waals surface area contributed by atoms with E-state index in [-0.39, 0.29) is 18.5 Å². The number of primary amides is 1. The maximum absolute atomic E-state index is 11.5. The highest BCUT2D eigenvalue weighted by molar-refractivity contribution is 5.76. The smallest absolute Gasteiger partial charge is 0.317 e. The Morgan fingerprint density at radius 1 is 1.43 bits per heavy atom. The van der Waals surface area contributed by atoms with Gasteiger partial charge in [-0.15, -0.1) is 0 Å². The van der Waals surface area contributed by atoms with Gasteiger partial charge < -0.3 is 21.7 Å². The molecule has 1 saturated heterocycles. The normalized spacial score (nSPS) is 14.5. The summed E-state index contributed by atoms with van der Waals surface area (Å²) in [6.45, 7) is 3.26. The van der Waals surface area contributed by atoms with Crippen LogP contribution in [0, 0.1) is 0 Å². The van der Waals surface area contributed by atoms with Crippen molar-refractivity contribution in [2.75, 3.05) is 38.5 Å². The van der Waals surface area contributed by atoms with Crippen LogP contribution in [0.4, 0.5) is 10.5 Å². The number of urea groups is 1. The van der Waals surface area contributed by atoms with E-state index in [1.165, 1.54) is 0 Å². The molecule has 0 unspecified atom stereocenters. The van der Waals surface area contributed by atoms with Crippen LogP contribution in [-0.4, -0.2) is 54.5 Å². The van der Waals surface area contributed by atoms with Crippen molar-refractivity contribution < 1.29 is 9.59 Å². The number of nitrogens with one attached hydrogen (secondary N) is 1. The third kappa shape index (κ3) is 4.64. The average Bonchev–Trinajstić information content (AvgIpc) is 2.81. The minimum Gasteiger partial charge on any atom is -0.399 e. The first kappa shape index (κ1) is 15.1. The Morgan fingerprint density at radius 3 is 2.86 bits per heavy atom. The standard InChI is InChI=1S/C14H21N5O2/c15-12-3-1-2-11(8-12)9-18(10-13(16)20)6-7-19-5-4-17-14(19)21/h1-3,8H,4-7,9-10,15H2,(H2,16,20)(H,17,21). The molecule has 1 aromatic rings. The zero-order valence-electron chi connectivity index (χ0n) is 11.9. The number of hydrogen-bond donors (Lipinski definition) is 3. The molecule has 0 aromatic heterocycles. The van der Waals surface area contributed by atoms with Gasteiger partial charge in [0.25, 0.3) is 0 Å². The summed E-state index contributed by atoms with van der Waals surface area (Å²) in [7, 11) is 0. The van der Waals surface area contributed by atoms with E-state index in [1.807, 2.05) is 29.2 Å². The third-order valence-corrected chi connectivity index (χ3v) is 3.37. The van der Waals surface area contributed by atoms with Crippen molar-refractivity contribution in [1.82, 2.24) is 15.1 Å². The molecule has 7 heteroatoms. The van der Waals surface area contributed by atoms with Crippen molar-refractivity contribution in [3.8, 4) is 0 Å². The first-order chi connectivity index (χ1) is 10.0. The van der Waals surface area contributed by atoms with Crippen molar-refractivity contribution >= 4 is 17.6 Å². The second kappa shape index (κ2) is 6.94. The van der Waals surface area contributed by atoms with E-state index in [0.717, 1.165) is 5.56 Å². The molecule has 0 saturated carbocycles. The molecule has 0 spiro atoms. The largest absolute Gasteiger partial charge is 0.399 e. The van der Waals surface area contributed by atoms with Gasteiger partial charge in [0.1, 0.15) is 0 Å². The van der Waals surface area contributed by atoms with Crippen LogP contribution in [0.15, 0.2) is 24.3 Å². The van der Waals surface area contributed by atoms with Crippen LogP contribution in [0.5, 0.6) is 0 Å². The fraction of sp³-hybridized carbons (Fsp3) is 0.429. The number of benzene rings is 1. The summed E-state index contributed by atoms with van der Waals surface area (Å²) in [4.78, 5) is 26.3. The minimum absolute atomic E-state index is 0.0574. The molecule has 0 radical (unpaired) electrons. The zero-order chi connectivity index (χ0) is 15.2. The predicted octanol–water partition coefficient (Wildman–Crippen LogP) is -0.419. The molecule has 1 fully saturated rings. The topological polar surface area (TPSA) is 105 Å². The Hall–Kier alpha value is -2.28. The number of amides is 3. The Kier molecular flexibility index (Phi) is 4.99. The molecular formula is C14H21N5O2.